The number of benzene rings is 2. The Morgan fingerprint density at radius 3 is 2.41 bits per heavy atom. The number of nitrogens with zero attached hydrogens (tertiary/aromatic N) is 2. The van der Waals surface area contributed by atoms with E-state index in [1.807, 2.05) is 31.2 Å². The summed E-state index contributed by atoms with van der Waals surface area (Å²) in [5, 5.41) is 13.2. The molecule has 0 heterocycles. The van der Waals surface area contributed by atoms with Gasteiger partial charge in [-0.25, -0.2) is 9.18 Å². The fourth-order valence-electron chi connectivity index (χ4n) is 3.44. The van der Waals surface area contributed by atoms with Crippen LogP contribution in [-0.4, -0.2) is 66.9 Å². The second-order valence-electron chi connectivity index (χ2n) is 8.12. The van der Waals surface area contributed by atoms with Crippen LogP contribution >= 0.6 is 11.6 Å². The summed E-state index contributed by atoms with van der Waals surface area (Å²) in [5.41, 5.74) is 1.51. The minimum absolute atomic E-state index is 0.0226. The summed E-state index contributed by atoms with van der Waals surface area (Å²) in [6.45, 7) is 5.67. The van der Waals surface area contributed by atoms with Crippen molar-refractivity contribution < 1.29 is 19.0 Å². The zero-order valence-electron chi connectivity index (χ0n) is 19.1. The fraction of sp³-hybridized carbons (Fsp3) is 0.458. The van der Waals surface area contributed by atoms with Crippen LogP contribution in [0.1, 0.15) is 19.4 Å². The highest BCUT2D eigenvalue weighted by Crippen LogP contribution is 2.21. The summed E-state index contributed by atoms with van der Waals surface area (Å²) >= 11 is 6.34. The van der Waals surface area contributed by atoms with Crippen LogP contribution in [0.15, 0.2) is 48.5 Å². The number of carbonyl (C=O) groups excluding carboxylic acids is 1. The van der Waals surface area contributed by atoms with Gasteiger partial charge in [-0.2, -0.15) is 0 Å². The van der Waals surface area contributed by atoms with Gasteiger partial charge in [0.05, 0.1) is 12.7 Å². The average molecular weight is 466 g/mol. The van der Waals surface area contributed by atoms with Crippen molar-refractivity contribution >= 4 is 23.3 Å². The van der Waals surface area contributed by atoms with Crippen LogP contribution in [0.4, 0.5) is 14.9 Å². The highest BCUT2D eigenvalue weighted by Gasteiger charge is 2.25. The third kappa shape index (κ3) is 7.74. The molecule has 0 radical (unpaired) electrons. The predicted molar refractivity (Wildman–Crippen MR) is 126 cm³/mol. The number of carbonyl (C=O) groups is 1. The Labute approximate surface area is 194 Å². The molecule has 2 N–H and O–H groups in total. The number of aliphatic hydroxyl groups excluding tert-OH is 1. The van der Waals surface area contributed by atoms with Crippen molar-refractivity contribution in [1.82, 2.24) is 9.80 Å². The van der Waals surface area contributed by atoms with Crippen LogP contribution in [0.2, 0.25) is 5.02 Å². The van der Waals surface area contributed by atoms with Gasteiger partial charge in [0.15, 0.2) is 0 Å². The lowest BCUT2D eigenvalue weighted by atomic mass is 10.0. The van der Waals surface area contributed by atoms with E-state index >= 15 is 0 Å². The molecule has 32 heavy (non-hydrogen) atoms. The lowest BCUT2D eigenvalue weighted by Crippen LogP contribution is -2.45. The Hall–Kier alpha value is -2.19. The standard InChI is InChI=1S/C24H33ClFN3O3/c1-17(13-29(18(2)16-30)14-19-7-5-6-8-22(19)25)23(32-4)15-28(3)24(31)27-21-11-9-20(26)10-12-21/h5-12,17-18,23,30H,13-16H2,1-4H3,(H,27,31)/t17-,18-,23+/m1/s1. The molecule has 0 aliphatic carbocycles. The van der Waals surface area contributed by atoms with Crippen LogP contribution < -0.4 is 5.32 Å². The van der Waals surface area contributed by atoms with E-state index in [1.165, 1.54) is 24.3 Å². The van der Waals surface area contributed by atoms with E-state index in [0.29, 0.717) is 30.3 Å². The highest BCUT2D eigenvalue weighted by molar-refractivity contribution is 6.31. The van der Waals surface area contributed by atoms with Gasteiger partial charge in [-0.1, -0.05) is 36.7 Å². The van der Waals surface area contributed by atoms with Crippen molar-refractivity contribution in [3.05, 3.63) is 64.9 Å². The maximum atomic E-state index is 13.1. The lowest BCUT2D eigenvalue weighted by Gasteiger charge is -2.34. The third-order valence-electron chi connectivity index (χ3n) is 5.57. The predicted octanol–water partition coefficient (Wildman–Crippen LogP) is 4.48. The van der Waals surface area contributed by atoms with Crippen LogP contribution in [0, 0.1) is 11.7 Å². The molecule has 2 amide bonds. The highest BCUT2D eigenvalue weighted by atomic mass is 35.5. The van der Waals surface area contributed by atoms with Gasteiger partial charge in [-0.15, -0.1) is 0 Å². The summed E-state index contributed by atoms with van der Waals surface area (Å²) in [5.74, 6) is -0.291. The molecule has 0 saturated carbocycles. The number of rotatable bonds is 11. The Balaban J connectivity index is 2.00. The van der Waals surface area contributed by atoms with Gasteiger partial charge in [0.25, 0.3) is 0 Å². The number of amides is 2. The smallest absolute Gasteiger partial charge is 0.321 e. The second kappa shape index (κ2) is 12.7. The van der Waals surface area contributed by atoms with E-state index in [2.05, 4.69) is 17.1 Å². The number of methoxy groups -OCH3 is 1. The minimum Gasteiger partial charge on any atom is -0.395 e. The maximum absolute atomic E-state index is 13.1. The number of urea groups is 1. The number of ether oxygens (including phenoxy) is 1. The first kappa shape index (κ1) is 26.1. The number of hydrogen-bond donors (Lipinski definition) is 2. The fourth-order valence-corrected chi connectivity index (χ4v) is 3.64. The molecule has 2 aromatic rings. The van der Waals surface area contributed by atoms with Gasteiger partial charge in [-0.3, -0.25) is 4.90 Å². The van der Waals surface area contributed by atoms with Crippen molar-refractivity contribution in [3.8, 4) is 0 Å². The van der Waals surface area contributed by atoms with Gasteiger partial charge < -0.3 is 20.1 Å². The van der Waals surface area contributed by atoms with Crippen LogP contribution in [0.3, 0.4) is 0 Å². The van der Waals surface area contributed by atoms with E-state index < -0.39 is 0 Å². The molecule has 0 aliphatic rings. The summed E-state index contributed by atoms with van der Waals surface area (Å²) in [7, 11) is 3.32. The van der Waals surface area contributed by atoms with E-state index in [1.54, 1.807) is 19.1 Å². The molecule has 3 atom stereocenters. The van der Waals surface area contributed by atoms with Crippen molar-refractivity contribution in [2.24, 2.45) is 5.92 Å². The van der Waals surface area contributed by atoms with Crippen molar-refractivity contribution in [2.75, 3.05) is 39.2 Å². The van der Waals surface area contributed by atoms with Crippen molar-refractivity contribution in [3.63, 3.8) is 0 Å². The Morgan fingerprint density at radius 2 is 1.81 bits per heavy atom. The zero-order chi connectivity index (χ0) is 23.7. The van der Waals surface area contributed by atoms with E-state index in [-0.39, 0.29) is 36.5 Å². The number of hydrogen-bond acceptors (Lipinski definition) is 4. The van der Waals surface area contributed by atoms with Crippen LogP contribution in [-0.2, 0) is 11.3 Å². The molecule has 0 saturated heterocycles. The largest absolute Gasteiger partial charge is 0.395 e. The molecule has 2 rings (SSSR count). The van der Waals surface area contributed by atoms with Gasteiger partial charge in [0.1, 0.15) is 5.82 Å². The van der Waals surface area contributed by atoms with E-state index in [4.69, 9.17) is 16.3 Å². The quantitative estimate of drug-likeness (QED) is 0.513. The van der Waals surface area contributed by atoms with Gasteiger partial charge in [0, 0.05) is 50.5 Å². The number of halogens is 2. The van der Waals surface area contributed by atoms with E-state index in [9.17, 15) is 14.3 Å². The SMILES string of the molecule is CO[C@@H](CN(C)C(=O)Nc1ccc(F)cc1)[C@H](C)CN(Cc1ccccc1Cl)[C@H](C)CO. The van der Waals surface area contributed by atoms with Crippen LogP contribution in [0.25, 0.3) is 0 Å². The van der Waals surface area contributed by atoms with Gasteiger partial charge in [-0.05, 0) is 48.7 Å². The van der Waals surface area contributed by atoms with E-state index in [0.717, 1.165) is 5.56 Å². The Morgan fingerprint density at radius 1 is 1.16 bits per heavy atom. The van der Waals surface area contributed by atoms with Gasteiger partial charge >= 0.3 is 6.03 Å². The first-order valence-electron chi connectivity index (χ1n) is 10.6. The molecule has 0 aliphatic heterocycles. The molecule has 0 bridgehead atoms. The summed E-state index contributed by atoms with van der Waals surface area (Å²) in [4.78, 5) is 16.2. The molecule has 0 fully saturated rings. The average Bonchev–Trinajstić information content (AvgIpc) is 2.78. The normalized spacial score (nSPS) is 14.1. The first-order valence-corrected chi connectivity index (χ1v) is 11.0. The van der Waals surface area contributed by atoms with Crippen molar-refractivity contribution in [2.45, 2.75) is 32.5 Å². The molecule has 0 unspecified atom stereocenters. The molecule has 176 valence electrons. The molecular weight excluding hydrogens is 433 g/mol. The zero-order valence-corrected chi connectivity index (χ0v) is 19.8. The first-order chi connectivity index (χ1) is 15.2. The lowest BCUT2D eigenvalue weighted by molar-refractivity contribution is 0.0154. The van der Waals surface area contributed by atoms with Crippen molar-refractivity contribution in [1.29, 1.82) is 0 Å². The number of likely N-dealkylation sites (N-methyl/N-ethyl adjacent to an activating group) is 1. The summed E-state index contributed by atoms with van der Waals surface area (Å²) in [6.07, 6.45) is -0.224. The molecule has 0 spiro atoms. The minimum atomic E-state index is -0.358. The molecular formula is C24H33ClFN3O3. The Kier molecular flexibility index (Phi) is 10.4. The third-order valence-corrected chi connectivity index (χ3v) is 5.94. The number of nitrogens with one attached hydrogen (secondary N) is 1. The second-order valence-corrected chi connectivity index (χ2v) is 8.53. The Bertz CT molecular complexity index is 853. The molecule has 2 aromatic carbocycles. The number of aliphatic hydroxyl groups is 1. The monoisotopic (exact) mass is 465 g/mol. The number of anilines is 1. The summed E-state index contributed by atoms with van der Waals surface area (Å²) in [6, 6.07) is 12.9. The van der Waals surface area contributed by atoms with Gasteiger partial charge in [0.2, 0.25) is 0 Å². The van der Waals surface area contributed by atoms with Crippen LogP contribution in [0.5, 0.6) is 0 Å². The molecule has 6 nitrogen and oxygen atoms in total. The maximum Gasteiger partial charge on any atom is 0.321 e. The molecule has 0 aromatic heterocycles. The molecule has 8 heteroatoms. The summed E-state index contributed by atoms with van der Waals surface area (Å²) < 4.78 is 18.8. The topological polar surface area (TPSA) is 65.0 Å².